The molecule has 196 valence electrons. The molecule has 1 saturated carbocycles. The third-order valence-electron chi connectivity index (χ3n) is 6.52. The molecule has 0 atom stereocenters. The minimum atomic E-state index is -1.03. The first-order valence-corrected chi connectivity index (χ1v) is 12.5. The second-order valence-electron chi connectivity index (χ2n) is 10.5. The van der Waals surface area contributed by atoms with Gasteiger partial charge in [-0.25, -0.2) is 14.8 Å². The first-order valence-electron chi connectivity index (χ1n) is 12.1. The van der Waals surface area contributed by atoms with Gasteiger partial charge in [0.05, 0.1) is 5.02 Å². The van der Waals surface area contributed by atoms with Crippen LogP contribution in [0.2, 0.25) is 5.02 Å². The first-order chi connectivity index (χ1) is 17.5. The number of nitrogens with zero attached hydrogens (tertiary/aromatic N) is 4. The van der Waals surface area contributed by atoms with Crippen LogP contribution in [0, 0.1) is 5.92 Å². The van der Waals surface area contributed by atoms with Crippen molar-refractivity contribution < 1.29 is 19.1 Å². The van der Waals surface area contributed by atoms with E-state index in [9.17, 15) is 19.2 Å². The van der Waals surface area contributed by atoms with Gasteiger partial charge in [-0.15, -0.1) is 0 Å². The van der Waals surface area contributed by atoms with Gasteiger partial charge in [-0.3, -0.25) is 19.0 Å². The van der Waals surface area contributed by atoms with Crippen molar-refractivity contribution in [3.8, 4) is 0 Å². The molecule has 0 bridgehead atoms. The molecule has 37 heavy (non-hydrogen) atoms. The van der Waals surface area contributed by atoms with Gasteiger partial charge in [-0.05, 0) is 39.7 Å². The molecule has 1 aliphatic carbocycles. The molecule has 3 amide bonds. The van der Waals surface area contributed by atoms with Gasteiger partial charge in [0, 0.05) is 37.9 Å². The number of carbonyl (C=O) groups excluding carboxylic acids is 3. The summed E-state index contributed by atoms with van der Waals surface area (Å²) in [5.74, 6) is 0.0426. The molecule has 4 heterocycles. The number of halogens is 1. The molecule has 1 spiro atoms. The van der Waals surface area contributed by atoms with E-state index in [1.807, 2.05) is 0 Å². The number of anilines is 3. The van der Waals surface area contributed by atoms with E-state index in [0.29, 0.717) is 18.7 Å². The Morgan fingerprint density at radius 2 is 1.81 bits per heavy atom. The topological polar surface area (TPSA) is 148 Å². The zero-order chi connectivity index (χ0) is 26.5. The highest BCUT2D eigenvalue weighted by atomic mass is 35.5. The number of aromatic nitrogens is 3. The van der Waals surface area contributed by atoms with Crippen molar-refractivity contribution in [3.05, 3.63) is 39.5 Å². The van der Waals surface area contributed by atoms with Crippen LogP contribution in [0.5, 0.6) is 0 Å². The Kier molecular flexibility index (Phi) is 6.09. The Labute approximate surface area is 217 Å². The van der Waals surface area contributed by atoms with Crippen LogP contribution in [-0.4, -0.2) is 56.0 Å². The van der Waals surface area contributed by atoms with Crippen LogP contribution in [0.1, 0.15) is 56.9 Å². The van der Waals surface area contributed by atoms with Gasteiger partial charge < -0.3 is 25.6 Å². The third-order valence-corrected chi connectivity index (χ3v) is 6.80. The van der Waals surface area contributed by atoms with Crippen molar-refractivity contribution in [2.24, 2.45) is 5.92 Å². The fourth-order valence-corrected chi connectivity index (χ4v) is 4.84. The number of hydrogen-bond acceptors (Lipinski definition) is 8. The van der Waals surface area contributed by atoms with E-state index in [1.165, 1.54) is 23.0 Å². The summed E-state index contributed by atoms with van der Waals surface area (Å²) in [6.45, 7) is 5.95. The normalized spacial score (nSPS) is 18.3. The molecule has 3 N–H and O–H groups in total. The highest BCUT2D eigenvalue weighted by Gasteiger charge is 2.48. The van der Waals surface area contributed by atoms with Crippen molar-refractivity contribution >= 4 is 46.8 Å². The number of nitrogens with one attached hydrogen (secondary N) is 3. The van der Waals surface area contributed by atoms with Crippen LogP contribution in [-0.2, 0) is 15.2 Å². The number of hydrogen-bond donors (Lipinski definition) is 3. The van der Waals surface area contributed by atoms with Crippen molar-refractivity contribution in [1.29, 1.82) is 0 Å². The lowest BCUT2D eigenvalue weighted by Crippen LogP contribution is -2.56. The molecule has 2 aromatic heterocycles. The van der Waals surface area contributed by atoms with Gasteiger partial charge in [0.1, 0.15) is 40.6 Å². The number of rotatable bonds is 4. The average molecular weight is 530 g/mol. The third kappa shape index (κ3) is 4.97. The number of likely N-dealkylation sites (tertiary alicyclic amines) is 1. The summed E-state index contributed by atoms with van der Waals surface area (Å²) in [6, 6.07) is 2.90. The molecule has 5 rings (SSSR count). The lowest BCUT2D eigenvalue weighted by molar-refractivity contribution is -0.117. The Morgan fingerprint density at radius 1 is 1.14 bits per heavy atom. The first kappa shape index (κ1) is 25.0. The molecule has 2 aromatic rings. The summed E-state index contributed by atoms with van der Waals surface area (Å²) in [5, 5.41) is 8.71. The van der Waals surface area contributed by atoms with Crippen molar-refractivity contribution in [1.82, 2.24) is 24.8 Å². The van der Waals surface area contributed by atoms with Crippen LogP contribution in [0.15, 0.2) is 23.3 Å². The second kappa shape index (κ2) is 9.02. The maximum atomic E-state index is 13.6. The lowest BCUT2D eigenvalue weighted by atomic mass is 9.97. The monoisotopic (exact) mass is 529 g/mol. The average Bonchev–Trinajstić information content (AvgIpc) is 3.62. The molecule has 0 unspecified atom stereocenters. The number of pyridine rings is 1. The molecule has 1 saturated heterocycles. The maximum absolute atomic E-state index is 13.6. The van der Waals surface area contributed by atoms with Gasteiger partial charge in [0.25, 0.3) is 11.5 Å². The molecule has 0 aromatic carbocycles. The van der Waals surface area contributed by atoms with E-state index in [0.717, 1.165) is 12.8 Å². The molecular formula is C24H28ClN7O5. The molecule has 2 aliphatic heterocycles. The quantitative estimate of drug-likeness (QED) is 0.547. The summed E-state index contributed by atoms with van der Waals surface area (Å²) < 4.78 is 6.84. The summed E-state index contributed by atoms with van der Waals surface area (Å²) in [4.78, 5) is 60.8. The minimum Gasteiger partial charge on any atom is -0.444 e. The van der Waals surface area contributed by atoms with Gasteiger partial charge in [-0.2, -0.15) is 0 Å². The number of amides is 3. The predicted octanol–water partition coefficient (Wildman–Crippen LogP) is 2.81. The van der Waals surface area contributed by atoms with Crippen molar-refractivity contribution in [3.63, 3.8) is 0 Å². The Hall–Kier alpha value is -3.67. The number of carbonyl (C=O) groups is 3. The second-order valence-corrected chi connectivity index (χ2v) is 10.9. The smallest absolute Gasteiger partial charge is 0.410 e. The van der Waals surface area contributed by atoms with E-state index in [4.69, 9.17) is 16.3 Å². The predicted molar refractivity (Wildman–Crippen MR) is 135 cm³/mol. The molecule has 12 nitrogen and oxygen atoms in total. The zero-order valence-corrected chi connectivity index (χ0v) is 21.5. The van der Waals surface area contributed by atoms with E-state index in [1.54, 1.807) is 25.7 Å². The largest absolute Gasteiger partial charge is 0.444 e. The summed E-state index contributed by atoms with van der Waals surface area (Å²) in [5.41, 5.74) is -1.95. The highest BCUT2D eigenvalue weighted by Crippen LogP contribution is 2.36. The van der Waals surface area contributed by atoms with Crippen LogP contribution < -0.4 is 21.5 Å². The van der Waals surface area contributed by atoms with Gasteiger partial charge >= 0.3 is 6.09 Å². The maximum Gasteiger partial charge on any atom is 0.410 e. The molecule has 2 fully saturated rings. The van der Waals surface area contributed by atoms with Gasteiger partial charge in [-0.1, -0.05) is 11.6 Å². The van der Waals surface area contributed by atoms with Crippen LogP contribution in [0.3, 0.4) is 0 Å². The van der Waals surface area contributed by atoms with E-state index in [2.05, 4.69) is 25.9 Å². The lowest BCUT2D eigenvalue weighted by Gasteiger charge is -2.40. The summed E-state index contributed by atoms with van der Waals surface area (Å²) in [7, 11) is 0. The van der Waals surface area contributed by atoms with E-state index < -0.39 is 28.8 Å². The Morgan fingerprint density at radius 3 is 2.46 bits per heavy atom. The Bertz CT molecular complexity index is 1340. The summed E-state index contributed by atoms with van der Waals surface area (Å²) >= 11 is 6.47. The van der Waals surface area contributed by atoms with Gasteiger partial charge in [0.2, 0.25) is 5.91 Å². The van der Waals surface area contributed by atoms with E-state index in [-0.39, 0.29) is 47.1 Å². The molecule has 0 radical (unpaired) electrons. The van der Waals surface area contributed by atoms with Crippen LogP contribution >= 0.6 is 11.6 Å². The van der Waals surface area contributed by atoms with Crippen LogP contribution in [0.4, 0.5) is 22.1 Å². The Balaban J connectivity index is 1.40. The fourth-order valence-electron chi connectivity index (χ4n) is 4.56. The minimum absolute atomic E-state index is 0.00880. The standard InChI is InChI=1S/C24H28ClN7O5/c1-23(2,3)37-22(36)31-8-6-24(7-9-31)30-20(34)18-14(25)10-15(21(35)32(18)24)28-16-11-17(27-12-26-16)29-19(33)13-4-5-13/h10-13H,4-9H2,1-3H3,(H,30,34)(H2,26,27,28,29,33). The SMILES string of the molecule is CC(C)(C)OC(=O)N1CCC2(CC1)NC(=O)c1c(Cl)cc(Nc3cc(NC(=O)C4CC4)ncn3)c(=O)n12. The zero-order valence-electron chi connectivity index (χ0n) is 20.8. The van der Waals surface area contributed by atoms with Crippen molar-refractivity contribution in [2.45, 2.75) is 57.7 Å². The molecule has 13 heteroatoms. The number of piperidine rings is 1. The highest BCUT2D eigenvalue weighted by molar-refractivity contribution is 6.34. The van der Waals surface area contributed by atoms with Crippen LogP contribution in [0.25, 0.3) is 0 Å². The number of fused-ring (bicyclic) bond motifs is 2. The molecule has 3 aliphatic rings. The van der Waals surface area contributed by atoms with Crippen molar-refractivity contribution in [2.75, 3.05) is 23.7 Å². The summed E-state index contributed by atoms with van der Waals surface area (Å²) in [6.07, 6.45) is 3.15. The van der Waals surface area contributed by atoms with E-state index >= 15 is 0 Å². The van der Waals surface area contributed by atoms with Gasteiger partial charge in [0.15, 0.2) is 0 Å². The number of ether oxygens (including phenoxy) is 1. The fraction of sp³-hybridized carbons (Fsp3) is 0.500. The molecular weight excluding hydrogens is 502 g/mol.